The van der Waals surface area contributed by atoms with Gasteiger partial charge in [-0.15, -0.1) is 0 Å². The highest BCUT2D eigenvalue weighted by Crippen LogP contribution is 2.75. The maximum Gasteiger partial charge on any atom is 0.150 e. The fourth-order valence-electron chi connectivity index (χ4n) is 7.93. The monoisotopic (exact) mass is 294 g/mol. The van der Waals surface area contributed by atoms with E-state index in [1.807, 2.05) is 0 Å². The second-order valence-corrected chi connectivity index (χ2v) is 11.1. The number of hydrogen-bond donors (Lipinski definition) is 0. The second kappa shape index (κ2) is 3.47. The van der Waals surface area contributed by atoms with E-state index in [0.717, 1.165) is 53.8 Å². The average molecular weight is 294 g/mol. The lowest BCUT2D eigenvalue weighted by molar-refractivity contribution is 0.0107. The third kappa shape index (κ3) is 1.26. The fourth-order valence-corrected chi connectivity index (χ4v) is 10.1. The van der Waals surface area contributed by atoms with Crippen LogP contribution in [0.25, 0.3) is 0 Å². The molecule has 5 rings (SSSR count). The van der Waals surface area contributed by atoms with E-state index in [1.54, 1.807) is 0 Å². The summed E-state index contributed by atoms with van der Waals surface area (Å²) in [4.78, 5) is 0. The van der Waals surface area contributed by atoms with Crippen molar-refractivity contribution in [3.8, 4) is 0 Å². The van der Waals surface area contributed by atoms with Crippen LogP contribution in [0.2, 0.25) is 0 Å². The summed E-state index contributed by atoms with van der Waals surface area (Å²) < 4.78 is 24.1. The standard InChI is InChI=1S/C17H26O2S/c1-9-10(2)13-6-12(9)15-11-5-14(16(13)15)17(7-11)3-4-20(18,19)8-17/h9-16H,3-8H2,1-2H3. The molecular weight excluding hydrogens is 268 g/mol. The van der Waals surface area contributed by atoms with Crippen LogP contribution in [-0.2, 0) is 9.84 Å². The molecule has 2 nitrogen and oxygen atoms in total. The van der Waals surface area contributed by atoms with Crippen molar-refractivity contribution in [2.75, 3.05) is 11.5 Å². The van der Waals surface area contributed by atoms with Crippen LogP contribution in [0, 0.1) is 52.8 Å². The molecule has 3 heteroatoms. The van der Waals surface area contributed by atoms with Gasteiger partial charge >= 0.3 is 0 Å². The minimum atomic E-state index is -2.73. The first-order valence-corrected chi connectivity index (χ1v) is 10.4. The van der Waals surface area contributed by atoms with Crippen LogP contribution in [0.3, 0.4) is 0 Å². The lowest BCUT2D eigenvalue weighted by atomic mass is 9.57. The molecule has 9 atom stereocenters. The molecule has 5 aliphatic rings. The van der Waals surface area contributed by atoms with E-state index in [1.165, 1.54) is 19.3 Å². The van der Waals surface area contributed by atoms with Crippen LogP contribution >= 0.6 is 0 Å². The average Bonchev–Trinajstić information content (AvgIpc) is 3.10. The molecule has 9 unspecified atom stereocenters. The summed E-state index contributed by atoms with van der Waals surface area (Å²) in [5.41, 5.74) is 0.220. The summed E-state index contributed by atoms with van der Waals surface area (Å²) in [6.45, 7) is 4.95. The Labute approximate surface area is 122 Å². The van der Waals surface area contributed by atoms with Crippen LogP contribution in [0.5, 0.6) is 0 Å². The molecule has 0 radical (unpaired) electrons. The van der Waals surface area contributed by atoms with Crippen molar-refractivity contribution in [2.45, 2.75) is 39.5 Å². The van der Waals surface area contributed by atoms with Crippen molar-refractivity contribution in [1.29, 1.82) is 0 Å². The van der Waals surface area contributed by atoms with Crippen molar-refractivity contribution < 1.29 is 8.42 Å². The molecule has 4 aliphatic carbocycles. The second-order valence-electron chi connectivity index (χ2n) is 8.95. The fraction of sp³-hybridized carbons (Fsp3) is 1.00. The third-order valence-corrected chi connectivity index (χ3v) is 10.4. The van der Waals surface area contributed by atoms with Gasteiger partial charge in [-0.2, -0.15) is 0 Å². The van der Waals surface area contributed by atoms with Gasteiger partial charge in [-0.3, -0.25) is 0 Å². The molecule has 1 spiro atoms. The van der Waals surface area contributed by atoms with Crippen LogP contribution in [0.15, 0.2) is 0 Å². The lowest BCUT2D eigenvalue weighted by Gasteiger charge is -2.47. The van der Waals surface area contributed by atoms with Crippen LogP contribution < -0.4 is 0 Å². The van der Waals surface area contributed by atoms with Gasteiger partial charge in [0.1, 0.15) is 0 Å². The molecule has 0 amide bonds. The molecule has 1 heterocycles. The summed E-state index contributed by atoms with van der Waals surface area (Å²) in [7, 11) is -2.73. The smallest absolute Gasteiger partial charge is 0.150 e. The zero-order valence-corrected chi connectivity index (χ0v) is 13.4. The maximum absolute atomic E-state index is 12.0. The van der Waals surface area contributed by atoms with E-state index < -0.39 is 9.84 Å². The molecule has 4 bridgehead atoms. The van der Waals surface area contributed by atoms with Gasteiger partial charge in [-0.1, -0.05) is 13.8 Å². The Morgan fingerprint density at radius 2 is 1.70 bits per heavy atom. The number of hydrogen-bond acceptors (Lipinski definition) is 2. The molecule has 0 N–H and O–H groups in total. The van der Waals surface area contributed by atoms with Gasteiger partial charge in [0.15, 0.2) is 9.84 Å². The quantitative estimate of drug-likeness (QED) is 0.644. The topological polar surface area (TPSA) is 34.1 Å². The van der Waals surface area contributed by atoms with Gasteiger partial charge in [0.05, 0.1) is 11.5 Å². The molecule has 20 heavy (non-hydrogen) atoms. The number of rotatable bonds is 0. The van der Waals surface area contributed by atoms with Crippen molar-refractivity contribution in [1.82, 2.24) is 0 Å². The maximum atomic E-state index is 12.0. The highest BCUT2D eigenvalue weighted by atomic mass is 32.2. The predicted octanol–water partition coefficient (Wildman–Crippen LogP) is 2.99. The summed E-state index contributed by atoms with van der Waals surface area (Å²) in [5.74, 6) is 8.24. The zero-order valence-electron chi connectivity index (χ0n) is 12.6. The van der Waals surface area contributed by atoms with E-state index in [2.05, 4.69) is 13.8 Å². The Bertz CT molecular complexity index is 568. The molecular formula is C17H26O2S. The van der Waals surface area contributed by atoms with Crippen molar-refractivity contribution in [3.05, 3.63) is 0 Å². The Hall–Kier alpha value is -0.0500. The van der Waals surface area contributed by atoms with E-state index >= 15 is 0 Å². The Kier molecular flexibility index (Phi) is 2.17. The largest absolute Gasteiger partial charge is 0.229 e. The minimum absolute atomic E-state index is 0.220. The molecule has 0 aromatic heterocycles. The molecule has 5 fully saturated rings. The van der Waals surface area contributed by atoms with E-state index in [0.29, 0.717) is 11.5 Å². The lowest BCUT2D eigenvalue weighted by Crippen LogP contribution is -2.44. The van der Waals surface area contributed by atoms with Gasteiger partial charge in [0.25, 0.3) is 0 Å². The van der Waals surface area contributed by atoms with Crippen LogP contribution in [-0.4, -0.2) is 19.9 Å². The summed E-state index contributed by atoms with van der Waals surface area (Å²) in [6.07, 6.45) is 5.08. The Morgan fingerprint density at radius 1 is 1.00 bits per heavy atom. The summed E-state index contributed by atoms with van der Waals surface area (Å²) >= 11 is 0. The normalized spacial score (nSPS) is 65.3. The highest BCUT2D eigenvalue weighted by molar-refractivity contribution is 7.91. The highest BCUT2D eigenvalue weighted by Gasteiger charge is 2.70. The first-order valence-electron chi connectivity index (χ1n) is 8.62. The van der Waals surface area contributed by atoms with Crippen molar-refractivity contribution >= 4 is 9.84 Å². The van der Waals surface area contributed by atoms with Gasteiger partial charge < -0.3 is 0 Å². The van der Waals surface area contributed by atoms with Crippen LogP contribution in [0.4, 0.5) is 0 Å². The van der Waals surface area contributed by atoms with Gasteiger partial charge in [-0.05, 0) is 78.4 Å². The van der Waals surface area contributed by atoms with E-state index in [9.17, 15) is 8.42 Å². The van der Waals surface area contributed by atoms with Crippen molar-refractivity contribution in [2.24, 2.45) is 52.8 Å². The molecule has 4 saturated carbocycles. The number of fused-ring (bicyclic) bond motifs is 10. The van der Waals surface area contributed by atoms with Crippen molar-refractivity contribution in [3.63, 3.8) is 0 Å². The number of sulfone groups is 1. The van der Waals surface area contributed by atoms with Gasteiger partial charge in [0.2, 0.25) is 0 Å². The van der Waals surface area contributed by atoms with E-state index in [-0.39, 0.29) is 5.41 Å². The van der Waals surface area contributed by atoms with Gasteiger partial charge in [-0.25, -0.2) is 8.42 Å². The molecule has 0 aromatic carbocycles. The summed E-state index contributed by atoms with van der Waals surface area (Å²) in [5, 5.41) is 0. The molecule has 0 aromatic rings. The Morgan fingerprint density at radius 3 is 2.35 bits per heavy atom. The van der Waals surface area contributed by atoms with E-state index in [4.69, 9.17) is 0 Å². The van der Waals surface area contributed by atoms with Crippen LogP contribution in [0.1, 0.15) is 39.5 Å². The molecule has 1 saturated heterocycles. The van der Waals surface area contributed by atoms with Gasteiger partial charge in [0, 0.05) is 0 Å². The third-order valence-electron chi connectivity index (χ3n) is 8.60. The minimum Gasteiger partial charge on any atom is -0.229 e. The predicted molar refractivity (Wildman–Crippen MR) is 78.8 cm³/mol. The zero-order chi connectivity index (χ0) is 13.9. The first-order chi connectivity index (χ1) is 9.42. The summed E-state index contributed by atoms with van der Waals surface area (Å²) in [6, 6.07) is 0. The first kappa shape index (κ1) is 12.5. The molecule has 1 aliphatic heterocycles. The SMILES string of the molecule is CC1C(C)C2CC1C1C3CC(C21)C1(CCS(=O)(=O)C1)C3. The molecule has 112 valence electrons. The Balaban J connectivity index is 1.53.